The largest absolute Gasteiger partial charge is 0.412 e. The molecule has 0 fully saturated rings. The molecule has 0 amide bonds. The highest BCUT2D eigenvalue weighted by molar-refractivity contribution is 6.30. The normalized spacial score (nSPS) is 13.1. The number of rotatable bonds is 3. The molecule has 1 atom stereocenters. The lowest BCUT2D eigenvalue weighted by Crippen LogP contribution is -2.27. The first-order valence-electron chi connectivity index (χ1n) is 5.60. The zero-order valence-corrected chi connectivity index (χ0v) is 10.5. The molecule has 19 heavy (non-hydrogen) atoms. The van der Waals surface area contributed by atoms with Gasteiger partial charge in [-0.2, -0.15) is 13.2 Å². The second-order valence-electron chi connectivity index (χ2n) is 4.04. The van der Waals surface area contributed by atoms with Gasteiger partial charge >= 0.3 is 6.18 Å². The molecular weight excluding hydrogens is 275 g/mol. The van der Waals surface area contributed by atoms with E-state index in [1.807, 2.05) is 0 Å². The summed E-state index contributed by atoms with van der Waals surface area (Å²) in [7, 11) is 0. The van der Waals surface area contributed by atoms with Gasteiger partial charge in [-0.15, -0.1) is 0 Å². The van der Waals surface area contributed by atoms with Crippen molar-refractivity contribution in [2.45, 2.75) is 12.2 Å². The van der Waals surface area contributed by atoms with Crippen molar-refractivity contribution in [3.63, 3.8) is 0 Å². The van der Waals surface area contributed by atoms with Crippen LogP contribution in [0.25, 0.3) is 0 Å². The molecule has 2 aromatic carbocycles. The molecule has 0 aliphatic heterocycles. The molecule has 100 valence electrons. The molecule has 0 aliphatic rings. The Morgan fingerprint density at radius 1 is 0.895 bits per heavy atom. The molecule has 0 saturated heterocycles. The van der Waals surface area contributed by atoms with Crippen LogP contribution in [0.1, 0.15) is 11.6 Å². The molecule has 0 aliphatic carbocycles. The van der Waals surface area contributed by atoms with E-state index < -0.39 is 12.2 Å². The smallest absolute Gasteiger partial charge is 0.370 e. The molecule has 0 saturated carbocycles. The van der Waals surface area contributed by atoms with Gasteiger partial charge in [-0.25, -0.2) is 0 Å². The zero-order chi connectivity index (χ0) is 13.9. The highest BCUT2D eigenvalue weighted by Crippen LogP contribution is 2.35. The van der Waals surface area contributed by atoms with Crippen LogP contribution in [0, 0.1) is 0 Å². The van der Waals surface area contributed by atoms with Gasteiger partial charge in [-0.05, 0) is 29.8 Å². The van der Waals surface area contributed by atoms with Gasteiger partial charge in [0, 0.05) is 10.7 Å². The average Bonchev–Trinajstić information content (AvgIpc) is 2.37. The summed E-state index contributed by atoms with van der Waals surface area (Å²) in [6.07, 6.45) is -4.37. The van der Waals surface area contributed by atoms with Crippen LogP contribution in [-0.4, -0.2) is 6.18 Å². The van der Waals surface area contributed by atoms with Crippen molar-refractivity contribution in [1.82, 2.24) is 0 Å². The van der Waals surface area contributed by atoms with E-state index in [1.165, 1.54) is 24.3 Å². The predicted octanol–water partition coefficient (Wildman–Crippen LogP) is 5.06. The first-order chi connectivity index (χ1) is 8.97. The van der Waals surface area contributed by atoms with Crippen LogP contribution < -0.4 is 5.32 Å². The van der Waals surface area contributed by atoms with Crippen molar-refractivity contribution < 1.29 is 13.2 Å². The quantitative estimate of drug-likeness (QED) is 0.831. The fourth-order valence-electron chi connectivity index (χ4n) is 1.71. The van der Waals surface area contributed by atoms with Gasteiger partial charge in [0.15, 0.2) is 0 Å². The van der Waals surface area contributed by atoms with E-state index in [-0.39, 0.29) is 5.56 Å². The summed E-state index contributed by atoms with van der Waals surface area (Å²) in [4.78, 5) is 0. The minimum Gasteiger partial charge on any atom is -0.370 e. The highest BCUT2D eigenvalue weighted by Gasteiger charge is 2.40. The van der Waals surface area contributed by atoms with Crippen LogP contribution in [0.2, 0.25) is 5.02 Å². The number of alkyl halides is 3. The van der Waals surface area contributed by atoms with E-state index in [0.717, 1.165) is 0 Å². The summed E-state index contributed by atoms with van der Waals surface area (Å²) in [5.74, 6) is 0. The van der Waals surface area contributed by atoms with Gasteiger partial charge in [-0.3, -0.25) is 0 Å². The topological polar surface area (TPSA) is 12.0 Å². The third-order valence-corrected chi connectivity index (χ3v) is 2.87. The van der Waals surface area contributed by atoms with E-state index >= 15 is 0 Å². The second kappa shape index (κ2) is 5.53. The first-order valence-corrected chi connectivity index (χ1v) is 5.98. The summed E-state index contributed by atoms with van der Waals surface area (Å²) < 4.78 is 39.2. The van der Waals surface area contributed by atoms with Crippen LogP contribution >= 0.6 is 11.6 Å². The van der Waals surface area contributed by atoms with Crippen molar-refractivity contribution in [3.8, 4) is 0 Å². The molecular formula is C14H11ClF3N. The lowest BCUT2D eigenvalue weighted by atomic mass is 10.1. The maximum atomic E-state index is 13.1. The summed E-state index contributed by atoms with van der Waals surface area (Å²) >= 11 is 5.71. The van der Waals surface area contributed by atoms with Crippen LogP contribution in [-0.2, 0) is 0 Å². The number of hydrogen-bond acceptors (Lipinski definition) is 1. The lowest BCUT2D eigenvalue weighted by molar-refractivity contribution is -0.144. The predicted molar refractivity (Wildman–Crippen MR) is 70.3 cm³/mol. The Morgan fingerprint density at radius 3 is 2.00 bits per heavy atom. The van der Waals surface area contributed by atoms with E-state index in [1.54, 1.807) is 30.3 Å². The van der Waals surface area contributed by atoms with Gasteiger partial charge in [-0.1, -0.05) is 41.9 Å². The van der Waals surface area contributed by atoms with Crippen molar-refractivity contribution in [3.05, 3.63) is 65.2 Å². The van der Waals surface area contributed by atoms with Crippen LogP contribution in [0.4, 0.5) is 18.9 Å². The van der Waals surface area contributed by atoms with E-state index in [9.17, 15) is 13.2 Å². The molecule has 0 bridgehead atoms. The zero-order valence-electron chi connectivity index (χ0n) is 9.79. The SMILES string of the molecule is FC(F)(F)[C@@H](Nc1ccc(Cl)cc1)c1ccccc1. The summed E-state index contributed by atoms with van der Waals surface area (Å²) in [6.45, 7) is 0. The molecule has 0 radical (unpaired) electrons. The molecule has 1 nitrogen and oxygen atoms in total. The number of nitrogens with one attached hydrogen (secondary N) is 1. The molecule has 2 aromatic rings. The van der Waals surface area contributed by atoms with E-state index in [4.69, 9.17) is 11.6 Å². The Labute approximate surface area is 114 Å². The van der Waals surface area contributed by atoms with Crippen molar-refractivity contribution >= 4 is 17.3 Å². The van der Waals surface area contributed by atoms with Crippen LogP contribution in [0.5, 0.6) is 0 Å². The third kappa shape index (κ3) is 3.64. The summed E-state index contributed by atoms with van der Waals surface area (Å²) in [5, 5.41) is 2.96. The number of anilines is 1. The number of hydrogen-bond donors (Lipinski definition) is 1. The molecule has 0 heterocycles. The van der Waals surface area contributed by atoms with Crippen molar-refractivity contribution in [2.24, 2.45) is 0 Å². The van der Waals surface area contributed by atoms with E-state index in [0.29, 0.717) is 10.7 Å². The first kappa shape index (κ1) is 13.7. The molecule has 1 N–H and O–H groups in total. The molecule has 5 heteroatoms. The van der Waals surface area contributed by atoms with E-state index in [2.05, 4.69) is 5.32 Å². The molecule has 0 aromatic heterocycles. The van der Waals surface area contributed by atoms with Crippen LogP contribution in [0.3, 0.4) is 0 Å². The maximum Gasteiger partial charge on any atom is 0.412 e. The lowest BCUT2D eigenvalue weighted by Gasteiger charge is -2.23. The Morgan fingerprint density at radius 2 is 1.47 bits per heavy atom. The fourth-order valence-corrected chi connectivity index (χ4v) is 1.84. The monoisotopic (exact) mass is 285 g/mol. The Bertz CT molecular complexity index is 523. The molecule has 2 rings (SSSR count). The summed E-state index contributed by atoms with van der Waals surface area (Å²) in [6, 6.07) is 12.1. The summed E-state index contributed by atoms with van der Waals surface area (Å²) in [5.41, 5.74) is 0.542. The number of benzene rings is 2. The minimum atomic E-state index is -4.37. The van der Waals surface area contributed by atoms with Gasteiger partial charge < -0.3 is 5.32 Å². The second-order valence-corrected chi connectivity index (χ2v) is 4.47. The van der Waals surface area contributed by atoms with Gasteiger partial charge in [0.2, 0.25) is 0 Å². The van der Waals surface area contributed by atoms with Gasteiger partial charge in [0.1, 0.15) is 6.04 Å². The number of halogens is 4. The highest BCUT2D eigenvalue weighted by atomic mass is 35.5. The van der Waals surface area contributed by atoms with Gasteiger partial charge in [0.25, 0.3) is 0 Å². The Balaban J connectivity index is 2.27. The third-order valence-electron chi connectivity index (χ3n) is 2.62. The molecule has 0 unspecified atom stereocenters. The minimum absolute atomic E-state index is 0.171. The van der Waals surface area contributed by atoms with Gasteiger partial charge in [0.05, 0.1) is 0 Å². The standard InChI is InChI=1S/C14H11ClF3N/c15-11-6-8-12(9-7-11)19-13(14(16,17)18)10-4-2-1-3-5-10/h1-9,13,19H/t13-/m0/s1. The van der Waals surface area contributed by atoms with Crippen molar-refractivity contribution in [1.29, 1.82) is 0 Å². The average molecular weight is 286 g/mol. The Hall–Kier alpha value is -1.68. The fraction of sp³-hybridized carbons (Fsp3) is 0.143. The van der Waals surface area contributed by atoms with Crippen molar-refractivity contribution in [2.75, 3.05) is 5.32 Å². The molecule has 0 spiro atoms. The Kier molecular flexibility index (Phi) is 4.00. The maximum absolute atomic E-state index is 13.1. The van der Waals surface area contributed by atoms with Crippen LogP contribution in [0.15, 0.2) is 54.6 Å².